The molecule has 0 amide bonds. The third-order valence-electron chi connectivity index (χ3n) is 3.38. The fraction of sp³-hybridized carbons (Fsp3) is 0.692. The molecule has 1 aliphatic heterocycles. The highest BCUT2D eigenvalue weighted by Crippen LogP contribution is 2.09. The van der Waals surface area contributed by atoms with E-state index >= 15 is 0 Å². The van der Waals surface area contributed by atoms with Crippen molar-refractivity contribution in [1.29, 1.82) is 0 Å². The van der Waals surface area contributed by atoms with Crippen molar-refractivity contribution < 1.29 is 0 Å². The third-order valence-corrected chi connectivity index (χ3v) is 4.47. The van der Waals surface area contributed by atoms with Gasteiger partial charge in [-0.05, 0) is 48.3 Å². The minimum absolute atomic E-state index is 1.10. The molecule has 0 aliphatic carbocycles. The van der Waals surface area contributed by atoms with Crippen LogP contribution in [-0.4, -0.2) is 54.4 Å². The second-order valence-corrected chi connectivity index (χ2v) is 6.18. The molecule has 0 radical (unpaired) electrons. The molecule has 0 N–H and O–H groups in total. The molecule has 1 aliphatic rings. The summed E-state index contributed by atoms with van der Waals surface area (Å²) in [5.41, 5.74) is 1.50. The lowest BCUT2D eigenvalue weighted by Crippen LogP contribution is -2.32. The highest BCUT2D eigenvalue weighted by molar-refractivity contribution is 9.09. The molecule has 17 heavy (non-hydrogen) atoms. The summed E-state index contributed by atoms with van der Waals surface area (Å²) in [5.74, 6) is 0. The molecule has 1 saturated heterocycles. The monoisotopic (exact) mass is 316 g/mol. The van der Waals surface area contributed by atoms with Gasteiger partial charge in [-0.2, -0.15) is 11.3 Å². The molecule has 1 aromatic rings. The minimum atomic E-state index is 1.10. The van der Waals surface area contributed by atoms with Crippen molar-refractivity contribution in [2.24, 2.45) is 0 Å². The standard InChI is InChI=1S/C13H21BrN2S/c14-4-8-16-6-1-5-15(9-10-16)7-2-13-3-11-17-12-13/h3,11-12H,1-2,4-10H2. The van der Waals surface area contributed by atoms with Crippen molar-refractivity contribution >= 4 is 27.3 Å². The van der Waals surface area contributed by atoms with Gasteiger partial charge in [0, 0.05) is 31.5 Å². The van der Waals surface area contributed by atoms with Crippen LogP contribution in [-0.2, 0) is 6.42 Å². The Labute approximate surface area is 117 Å². The first-order chi connectivity index (χ1) is 8.38. The zero-order valence-electron chi connectivity index (χ0n) is 10.3. The SMILES string of the molecule is BrCCN1CCCN(CCc2ccsc2)CC1. The first-order valence-corrected chi connectivity index (χ1v) is 8.46. The number of nitrogens with zero attached hydrogens (tertiary/aromatic N) is 2. The molecule has 0 aromatic carbocycles. The van der Waals surface area contributed by atoms with Crippen molar-refractivity contribution in [1.82, 2.24) is 9.80 Å². The smallest absolute Gasteiger partial charge is 0.0159 e. The van der Waals surface area contributed by atoms with Crippen LogP contribution in [0.4, 0.5) is 0 Å². The molecule has 2 nitrogen and oxygen atoms in total. The number of alkyl halides is 1. The Morgan fingerprint density at radius 2 is 1.88 bits per heavy atom. The predicted octanol–water partition coefficient (Wildman–Crippen LogP) is 2.69. The summed E-state index contributed by atoms with van der Waals surface area (Å²) in [5, 5.41) is 5.55. The van der Waals surface area contributed by atoms with E-state index in [-0.39, 0.29) is 0 Å². The summed E-state index contributed by atoms with van der Waals surface area (Å²) in [7, 11) is 0. The van der Waals surface area contributed by atoms with E-state index in [0.717, 1.165) is 5.33 Å². The number of hydrogen-bond acceptors (Lipinski definition) is 3. The Morgan fingerprint density at radius 3 is 2.53 bits per heavy atom. The maximum Gasteiger partial charge on any atom is 0.0159 e. The Morgan fingerprint density at radius 1 is 1.12 bits per heavy atom. The summed E-state index contributed by atoms with van der Waals surface area (Å²) < 4.78 is 0. The third kappa shape index (κ3) is 4.70. The largest absolute Gasteiger partial charge is 0.302 e. The Kier molecular flexibility index (Phi) is 5.98. The molecule has 0 atom stereocenters. The van der Waals surface area contributed by atoms with Gasteiger partial charge in [-0.3, -0.25) is 0 Å². The van der Waals surface area contributed by atoms with Gasteiger partial charge < -0.3 is 9.80 Å². The van der Waals surface area contributed by atoms with E-state index in [1.807, 2.05) is 0 Å². The van der Waals surface area contributed by atoms with Gasteiger partial charge in [-0.1, -0.05) is 15.9 Å². The van der Waals surface area contributed by atoms with Gasteiger partial charge in [-0.15, -0.1) is 0 Å². The number of halogens is 1. The summed E-state index contributed by atoms with van der Waals surface area (Å²) in [6, 6.07) is 2.25. The molecule has 0 spiro atoms. The Balaban J connectivity index is 1.71. The van der Waals surface area contributed by atoms with E-state index in [2.05, 4.69) is 42.6 Å². The molecule has 0 unspecified atom stereocenters. The molecule has 1 fully saturated rings. The summed E-state index contributed by atoms with van der Waals surface area (Å²) >= 11 is 5.33. The van der Waals surface area contributed by atoms with Crippen LogP contribution in [0.2, 0.25) is 0 Å². The van der Waals surface area contributed by atoms with Gasteiger partial charge in [0.15, 0.2) is 0 Å². The van der Waals surface area contributed by atoms with Gasteiger partial charge in [-0.25, -0.2) is 0 Å². The number of hydrogen-bond donors (Lipinski definition) is 0. The van der Waals surface area contributed by atoms with Gasteiger partial charge in [0.1, 0.15) is 0 Å². The number of rotatable bonds is 5. The fourth-order valence-electron chi connectivity index (χ4n) is 2.31. The van der Waals surface area contributed by atoms with Gasteiger partial charge in [0.25, 0.3) is 0 Å². The molecule has 4 heteroatoms. The second-order valence-electron chi connectivity index (χ2n) is 4.61. The van der Waals surface area contributed by atoms with Crippen LogP contribution in [0.1, 0.15) is 12.0 Å². The van der Waals surface area contributed by atoms with Crippen molar-refractivity contribution in [3.05, 3.63) is 22.4 Å². The predicted molar refractivity (Wildman–Crippen MR) is 79.3 cm³/mol. The van der Waals surface area contributed by atoms with E-state index in [9.17, 15) is 0 Å². The van der Waals surface area contributed by atoms with Crippen LogP contribution >= 0.6 is 27.3 Å². The quantitative estimate of drug-likeness (QED) is 0.771. The second kappa shape index (κ2) is 7.52. The van der Waals surface area contributed by atoms with Crippen LogP contribution in [0.15, 0.2) is 16.8 Å². The van der Waals surface area contributed by atoms with Gasteiger partial charge in [0.05, 0.1) is 0 Å². The topological polar surface area (TPSA) is 6.48 Å². The molecule has 1 aromatic heterocycles. The normalized spacial score (nSPS) is 19.4. The molecule has 2 heterocycles. The molecule has 0 bridgehead atoms. The van der Waals surface area contributed by atoms with Crippen molar-refractivity contribution in [3.63, 3.8) is 0 Å². The summed E-state index contributed by atoms with van der Waals surface area (Å²) in [4.78, 5) is 5.19. The Hall–Kier alpha value is 0.100. The highest BCUT2D eigenvalue weighted by atomic mass is 79.9. The zero-order chi connectivity index (χ0) is 11.9. The maximum absolute atomic E-state index is 3.53. The summed E-state index contributed by atoms with van der Waals surface area (Å²) in [6.07, 6.45) is 2.53. The average Bonchev–Trinajstić information content (AvgIpc) is 2.75. The first-order valence-electron chi connectivity index (χ1n) is 6.40. The minimum Gasteiger partial charge on any atom is -0.302 e. The molecule has 0 saturated carbocycles. The molecule has 2 rings (SSSR count). The van der Waals surface area contributed by atoms with Crippen LogP contribution < -0.4 is 0 Å². The Bertz CT molecular complexity index is 302. The number of thiophene rings is 1. The molecule has 96 valence electrons. The maximum atomic E-state index is 3.53. The lowest BCUT2D eigenvalue weighted by atomic mass is 10.2. The van der Waals surface area contributed by atoms with E-state index in [0.29, 0.717) is 0 Å². The first kappa shape index (κ1) is 13.5. The van der Waals surface area contributed by atoms with Crippen molar-refractivity contribution in [3.8, 4) is 0 Å². The van der Waals surface area contributed by atoms with Gasteiger partial charge in [0.2, 0.25) is 0 Å². The van der Waals surface area contributed by atoms with Crippen molar-refractivity contribution in [2.45, 2.75) is 12.8 Å². The van der Waals surface area contributed by atoms with Crippen LogP contribution in [0.3, 0.4) is 0 Å². The highest BCUT2D eigenvalue weighted by Gasteiger charge is 2.13. The van der Waals surface area contributed by atoms with E-state index in [4.69, 9.17) is 0 Å². The molecular weight excluding hydrogens is 296 g/mol. The molecular formula is C13H21BrN2S. The van der Waals surface area contributed by atoms with Crippen molar-refractivity contribution in [2.75, 3.05) is 44.6 Å². The van der Waals surface area contributed by atoms with E-state index in [1.54, 1.807) is 11.3 Å². The summed E-state index contributed by atoms with van der Waals surface area (Å²) in [6.45, 7) is 7.41. The van der Waals surface area contributed by atoms with E-state index in [1.165, 1.54) is 57.7 Å². The van der Waals surface area contributed by atoms with Crippen LogP contribution in [0.5, 0.6) is 0 Å². The van der Waals surface area contributed by atoms with E-state index < -0.39 is 0 Å². The zero-order valence-corrected chi connectivity index (χ0v) is 12.7. The van der Waals surface area contributed by atoms with Gasteiger partial charge >= 0.3 is 0 Å². The van der Waals surface area contributed by atoms with Crippen LogP contribution in [0, 0.1) is 0 Å². The lowest BCUT2D eigenvalue weighted by Gasteiger charge is -2.20. The fourth-order valence-corrected chi connectivity index (χ4v) is 3.52. The van der Waals surface area contributed by atoms with Crippen LogP contribution in [0.25, 0.3) is 0 Å². The lowest BCUT2D eigenvalue weighted by molar-refractivity contribution is 0.266. The average molecular weight is 317 g/mol.